The van der Waals surface area contributed by atoms with E-state index in [4.69, 9.17) is 16.3 Å². The number of aromatic amines is 1. The fraction of sp³-hybridized carbons (Fsp3) is 0.609. The lowest BCUT2D eigenvalue weighted by Gasteiger charge is -2.20. The third-order valence-corrected chi connectivity index (χ3v) is 7.59. The van der Waals surface area contributed by atoms with Gasteiger partial charge in [0.05, 0.1) is 24.8 Å². The van der Waals surface area contributed by atoms with E-state index in [9.17, 15) is 22.4 Å². The Kier molecular flexibility index (Phi) is 5.76. The van der Waals surface area contributed by atoms with E-state index in [-0.39, 0.29) is 6.42 Å². The van der Waals surface area contributed by atoms with Crippen molar-refractivity contribution < 1.29 is 27.1 Å². The third kappa shape index (κ3) is 5.09. The van der Waals surface area contributed by atoms with Gasteiger partial charge in [-0.15, -0.1) is 0 Å². The van der Waals surface area contributed by atoms with Gasteiger partial charge in [-0.25, -0.2) is 4.39 Å². The van der Waals surface area contributed by atoms with Crippen LogP contribution in [-0.2, 0) is 4.79 Å². The van der Waals surface area contributed by atoms with E-state index in [2.05, 4.69) is 10.3 Å². The second kappa shape index (κ2) is 8.34. The standard InChI is InChI=1S/C23H26ClF4N3O2/c24-22(25)8-18(22)21(32)30-20-9-29-19-2-1-16(7-17(19)20)33-4-3-13-5-14-10-31(11-15(14)6-13)12-23(26,27)28/h1-2,7,9,13-15,18,29H,3-6,8,10-12H2,(H,30,32)/t13-,14-,15+,18?,22?. The number of hydrogen-bond acceptors (Lipinski definition) is 3. The number of rotatable bonds is 7. The van der Waals surface area contributed by atoms with Crippen molar-refractivity contribution in [1.82, 2.24) is 9.88 Å². The monoisotopic (exact) mass is 487 g/mol. The number of carbonyl (C=O) groups excluding carboxylic acids is 1. The predicted octanol–water partition coefficient (Wildman–Crippen LogP) is 5.32. The molecule has 2 aliphatic carbocycles. The number of fused-ring (bicyclic) bond motifs is 2. The van der Waals surface area contributed by atoms with Gasteiger partial charge in [-0.2, -0.15) is 13.2 Å². The lowest BCUT2D eigenvalue weighted by atomic mass is 10.0. The van der Waals surface area contributed by atoms with Crippen LogP contribution in [0.3, 0.4) is 0 Å². The normalized spacial score (nSPS) is 31.7. The smallest absolute Gasteiger partial charge is 0.401 e. The molecule has 2 unspecified atom stereocenters. The maximum atomic E-state index is 13.6. The number of alkyl halides is 5. The summed E-state index contributed by atoms with van der Waals surface area (Å²) in [5.41, 5.74) is 1.37. The van der Waals surface area contributed by atoms with Gasteiger partial charge in [0.15, 0.2) is 5.13 Å². The Balaban J connectivity index is 1.11. The first kappa shape index (κ1) is 22.8. The molecule has 5 atom stereocenters. The molecule has 1 aromatic heterocycles. The maximum absolute atomic E-state index is 13.6. The molecule has 2 aromatic rings. The fourth-order valence-corrected chi connectivity index (χ4v) is 5.75. The van der Waals surface area contributed by atoms with Gasteiger partial charge in [0.25, 0.3) is 0 Å². The van der Waals surface area contributed by atoms with E-state index in [0.29, 0.717) is 48.9 Å². The van der Waals surface area contributed by atoms with Gasteiger partial charge < -0.3 is 15.0 Å². The Morgan fingerprint density at radius 1 is 1.27 bits per heavy atom. The first-order valence-corrected chi connectivity index (χ1v) is 11.7. The number of amides is 1. The zero-order valence-electron chi connectivity index (χ0n) is 17.9. The Morgan fingerprint density at radius 3 is 2.61 bits per heavy atom. The lowest BCUT2D eigenvalue weighted by Crippen LogP contribution is -2.33. The van der Waals surface area contributed by atoms with Crippen LogP contribution < -0.4 is 10.1 Å². The average Bonchev–Trinajstić information content (AvgIpc) is 3.03. The quantitative estimate of drug-likeness (QED) is 0.410. The highest BCUT2D eigenvalue weighted by Gasteiger charge is 2.58. The van der Waals surface area contributed by atoms with E-state index in [1.165, 1.54) is 4.90 Å². The van der Waals surface area contributed by atoms with Crippen LogP contribution in [0.15, 0.2) is 24.4 Å². The minimum Gasteiger partial charge on any atom is -0.494 e. The first-order valence-electron chi connectivity index (χ1n) is 11.3. The predicted molar refractivity (Wildman–Crippen MR) is 117 cm³/mol. The second-order valence-electron chi connectivity index (χ2n) is 9.72. The van der Waals surface area contributed by atoms with Crippen molar-refractivity contribution in [2.24, 2.45) is 23.7 Å². The number of likely N-dealkylation sites (tertiary alicyclic amines) is 1. The molecule has 2 heterocycles. The molecule has 0 radical (unpaired) electrons. The van der Waals surface area contributed by atoms with Gasteiger partial charge in [0.2, 0.25) is 5.91 Å². The molecule has 1 aliphatic heterocycles. The Hall–Kier alpha value is -2.00. The van der Waals surface area contributed by atoms with Crippen molar-refractivity contribution in [3.05, 3.63) is 24.4 Å². The van der Waals surface area contributed by atoms with E-state index in [1.807, 2.05) is 18.2 Å². The lowest BCUT2D eigenvalue weighted by molar-refractivity contribution is -0.144. The van der Waals surface area contributed by atoms with Gasteiger partial charge in [0, 0.05) is 36.6 Å². The Morgan fingerprint density at radius 2 is 1.97 bits per heavy atom. The molecule has 1 saturated heterocycles. The van der Waals surface area contributed by atoms with Crippen LogP contribution in [0.4, 0.5) is 23.2 Å². The van der Waals surface area contributed by atoms with Crippen LogP contribution in [0.1, 0.15) is 25.7 Å². The van der Waals surface area contributed by atoms with Gasteiger partial charge >= 0.3 is 6.18 Å². The van der Waals surface area contributed by atoms with Gasteiger partial charge in [-0.3, -0.25) is 9.69 Å². The Labute approximate surface area is 193 Å². The van der Waals surface area contributed by atoms with Gasteiger partial charge in [-0.05, 0) is 55.2 Å². The van der Waals surface area contributed by atoms with Crippen molar-refractivity contribution >= 4 is 34.1 Å². The summed E-state index contributed by atoms with van der Waals surface area (Å²) in [7, 11) is 0. The van der Waals surface area contributed by atoms with E-state index < -0.39 is 29.7 Å². The van der Waals surface area contributed by atoms with E-state index >= 15 is 0 Å². The summed E-state index contributed by atoms with van der Waals surface area (Å²) in [5, 5.41) is 1.55. The molecule has 1 aromatic carbocycles. The largest absolute Gasteiger partial charge is 0.494 e. The van der Waals surface area contributed by atoms with Crippen LogP contribution in [-0.4, -0.2) is 53.3 Å². The number of H-pyrrole nitrogens is 1. The molecule has 0 spiro atoms. The van der Waals surface area contributed by atoms with Crippen LogP contribution in [0, 0.1) is 23.7 Å². The number of nitrogens with zero attached hydrogens (tertiary/aromatic N) is 1. The van der Waals surface area contributed by atoms with Crippen molar-refractivity contribution in [1.29, 1.82) is 0 Å². The molecule has 180 valence electrons. The summed E-state index contributed by atoms with van der Waals surface area (Å²) in [4.78, 5) is 16.8. The minimum atomic E-state index is -4.13. The highest BCUT2D eigenvalue weighted by molar-refractivity contribution is 6.27. The van der Waals surface area contributed by atoms with Crippen molar-refractivity contribution in [2.45, 2.75) is 37.0 Å². The molecule has 0 bridgehead atoms. The fourth-order valence-electron chi connectivity index (χ4n) is 5.49. The molecule has 2 saturated carbocycles. The summed E-state index contributed by atoms with van der Waals surface area (Å²) in [6.45, 7) is 0.786. The maximum Gasteiger partial charge on any atom is 0.401 e. The third-order valence-electron chi connectivity index (χ3n) is 7.18. The molecular weight excluding hydrogens is 462 g/mol. The number of benzene rings is 1. The molecule has 10 heteroatoms. The van der Waals surface area contributed by atoms with E-state index in [1.54, 1.807) is 6.20 Å². The van der Waals surface area contributed by atoms with Gasteiger partial charge in [-0.1, -0.05) is 11.6 Å². The summed E-state index contributed by atoms with van der Waals surface area (Å²) in [5.74, 6) is 0.546. The number of hydrogen-bond donors (Lipinski definition) is 2. The van der Waals surface area contributed by atoms with Crippen molar-refractivity contribution in [3.8, 4) is 5.75 Å². The first-order chi connectivity index (χ1) is 15.6. The van der Waals surface area contributed by atoms with Crippen molar-refractivity contribution in [3.63, 3.8) is 0 Å². The van der Waals surface area contributed by atoms with Crippen LogP contribution in [0.5, 0.6) is 5.75 Å². The number of nitrogens with one attached hydrogen (secondary N) is 2. The summed E-state index contributed by atoms with van der Waals surface area (Å²) in [6.07, 6.45) is 0.301. The zero-order valence-corrected chi connectivity index (χ0v) is 18.7. The zero-order chi connectivity index (χ0) is 23.4. The molecule has 5 rings (SSSR count). The Bertz CT molecular complexity index is 1030. The molecule has 1 amide bonds. The highest BCUT2D eigenvalue weighted by Crippen LogP contribution is 2.51. The second-order valence-corrected chi connectivity index (χ2v) is 10.3. The number of anilines is 1. The SMILES string of the molecule is O=C(Nc1c[nH]c2ccc(OCC[C@@H]3C[C@@H]4CN(CC(F)(F)F)C[C@@H]4C3)cc12)C1CC1(F)Cl. The van der Waals surface area contributed by atoms with Crippen LogP contribution >= 0.6 is 11.6 Å². The van der Waals surface area contributed by atoms with Crippen LogP contribution in [0.2, 0.25) is 0 Å². The molecule has 33 heavy (non-hydrogen) atoms. The number of aromatic nitrogens is 1. The summed E-state index contributed by atoms with van der Waals surface area (Å²) in [6, 6.07) is 5.53. The van der Waals surface area contributed by atoms with Crippen LogP contribution in [0.25, 0.3) is 10.9 Å². The summed E-state index contributed by atoms with van der Waals surface area (Å²) < 4.78 is 57.4. The number of ether oxygens (including phenoxy) is 1. The molecule has 3 aliphatic rings. The highest BCUT2D eigenvalue weighted by atomic mass is 35.5. The number of carbonyl (C=O) groups is 1. The number of halogens is 5. The molecule has 2 N–H and O–H groups in total. The minimum absolute atomic E-state index is 0.0142. The topological polar surface area (TPSA) is 57.4 Å². The van der Waals surface area contributed by atoms with E-state index in [0.717, 1.165) is 30.2 Å². The molecule has 5 nitrogen and oxygen atoms in total. The summed E-state index contributed by atoms with van der Waals surface area (Å²) >= 11 is 5.56. The molecular formula is C23H26ClF4N3O2. The molecule has 3 fully saturated rings. The average molecular weight is 488 g/mol. The van der Waals surface area contributed by atoms with Gasteiger partial charge in [0.1, 0.15) is 5.75 Å². The van der Waals surface area contributed by atoms with Crippen molar-refractivity contribution in [2.75, 3.05) is 31.6 Å².